The van der Waals surface area contributed by atoms with Crippen molar-refractivity contribution in [3.63, 3.8) is 0 Å². The fraction of sp³-hybridized carbons (Fsp3) is 0.0526. The van der Waals surface area contributed by atoms with Crippen LogP contribution in [0.2, 0.25) is 0 Å². The molecule has 3 rings (SSSR count). The number of anilines is 2. The first-order valence-electron chi connectivity index (χ1n) is 8.11. The predicted octanol–water partition coefficient (Wildman–Crippen LogP) is 6.19. The summed E-state index contributed by atoms with van der Waals surface area (Å²) in [5, 5.41) is 6.07. The number of nitrogens with zero attached hydrogens (tertiary/aromatic N) is 1. The lowest BCUT2D eigenvalue weighted by molar-refractivity contribution is -0.274. The highest BCUT2D eigenvalue weighted by Gasteiger charge is 2.30. The number of alkyl halides is 3. The Balaban J connectivity index is 1.66. The van der Waals surface area contributed by atoms with Crippen molar-refractivity contribution in [2.45, 2.75) is 6.36 Å². The molecule has 0 saturated heterocycles. The van der Waals surface area contributed by atoms with Gasteiger partial charge in [0.15, 0.2) is 5.11 Å². The van der Waals surface area contributed by atoms with Crippen LogP contribution in [0.4, 0.5) is 24.5 Å². The lowest BCUT2D eigenvalue weighted by atomic mass is 10.3. The molecule has 2 aromatic carbocycles. The Morgan fingerprint density at radius 2 is 1.69 bits per heavy atom. The SMILES string of the molecule is FC(F)(F)Oc1ccc(NC(=S)Nc2cccnc2Oc2ccccc2I)cc1. The second kappa shape index (κ2) is 9.27. The number of aromatic nitrogens is 1. The quantitative estimate of drug-likeness (QED) is 0.303. The summed E-state index contributed by atoms with van der Waals surface area (Å²) >= 11 is 7.43. The number of halogens is 4. The normalized spacial score (nSPS) is 10.9. The summed E-state index contributed by atoms with van der Waals surface area (Å²) in [5.41, 5.74) is 1.02. The molecule has 1 heterocycles. The van der Waals surface area contributed by atoms with Crippen LogP contribution in [0.5, 0.6) is 17.4 Å². The van der Waals surface area contributed by atoms with Crippen molar-refractivity contribution in [1.82, 2.24) is 4.98 Å². The van der Waals surface area contributed by atoms with Gasteiger partial charge in [0.25, 0.3) is 0 Å². The van der Waals surface area contributed by atoms with Gasteiger partial charge < -0.3 is 20.1 Å². The summed E-state index contributed by atoms with van der Waals surface area (Å²) in [6.45, 7) is 0. The van der Waals surface area contributed by atoms with Crippen LogP contribution < -0.4 is 20.1 Å². The van der Waals surface area contributed by atoms with Crippen LogP contribution in [0.25, 0.3) is 0 Å². The molecular weight excluding hydrogens is 518 g/mol. The Bertz CT molecular complexity index is 1000. The zero-order valence-corrected chi connectivity index (χ0v) is 17.5. The van der Waals surface area contributed by atoms with E-state index in [1.807, 2.05) is 24.3 Å². The Morgan fingerprint density at radius 1 is 0.966 bits per heavy atom. The maximum absolute atomic E-state index is 12.2. The monoisotopic (exact) mass is 531 g/mol. The number of pyridine rings is 1. The molecule has 0 aliphatic carbocycles. The summed E-state index contributed by atoms with van der Waals surface area (Å²) in [4.78, 5) is 4.22. The largest absolute Gasteiger partial charge is 0.573 e. The van der Waals surface area contributed by atoms with Gasteiger partial charge in [0.05, 0.1) is 3.57 Å². The number of para-hydroxylation sites is 1. The molecule has 0 bridgehead atoms. The molecule has 0 atom stereocenters. The molecule has 2 N–H and O–H groups in total. The highest BCUT2D eigenvalue weighted by Crippen LogP contribution is 2.30. The second-order valence-electron chi connectivity index (χ2n) is 5.54. The first kappa shape index (κ1) is 21.1. The van der Waals surface area contributed by atoms with E-state index in [1.165, 1.54) is 24.3 Å². The number of thiocarbonyl (C=S) groups is 1. The maximum atomic E-state index is 12.2. The van der Waals surface area contributed by atoms with Crippen molar-refractivity contribution >= 4 is 51.3 Å². The molecule has 0 saturated carbocycles. The Kier molecular flexibility index (Phi) is 6.75. The molecule has 10 heteroatoms. The third-order valence-corrected chi connectivity index (χ3v) is 4.50. The van der Waals surface area contributed by atoms with Crippen molar-refractivity contribution in [1.29, 1.82) is 0 Å². The Labute approximate surface area is 183 Å². The fourth-order valence-electron chi connectivity index (χ4n) is 2.22. The molecule has 0 spiro atoms. The summed E-state index contributed by atoms with van der Waals surface area (Å²) in [6.07, 6.45) is -3.15. The highest BCUT2D eigenvalue weighted by atomic mass is 127. The standard InChI is InChI=1S/C19H13F3IN3O2S/c20-19(21,22)28-13-9-7-12(8-10-13)25-18(29)26-15-5-3-11-24-17(15)27-16-6-2-1-4-14(16)23/h1-11H,(H2,25,26,29). The van der Waals surface area contributed by atoms with E-state index in [0.29, 0.717) is 23.0 Å². The minimum absolute atomic E-state index is 0.218. The van der Waals surface area contributed by atoms with E-state index in [0.717, 1.165) is 3.57 Å². The molecule has 150 valence electrons. The zero-order valence-electron chi connectivity index (χ0n) is 14.5. The lowest BCUT2D eigenvalue weighted by Crippen LogP contribution is -2.20. The summed E-state index contributed by atoms with van der Waals surface area (Å²) in [7, 11) is 0. The van der Waals surface area contributed by atoms with E-state index in [4.69, 9.17) is 17.0 Å². The van der Waals surface area contributed by atoms with Gasteiger partial charge in [-0.15, -0.1) is 13.2 Å². The van der Waals surface area contributed by atoms with Crippen molar-refractivity contribution < 1.29 is 22.6 Å². The number of hydrogen-bond acceptors (Lipinski definition) is 4. The van der Waals surface area contributed by atoms with Crippen LogP contribution in [-0.4, -0.2) is 16.5 Å². The van der Waals surface area contributed by atoms with Gasteiger partial charge in [-0.3, -0.25) is 0 Å². The minimum atomic E-state index is -4.74. The van der Waals surface area contributed by atoms with E-state index in [9.17, 15) is 13.2 Å². The molecule has 0 fully saturated rings. The Hall–Kier alpha value is -2.60. The lowest BCUT2D eigenvalue weighted by Gasteiger charge is -2.14. The predicted molar refractivity (Wildman–Crippen MR) is 116 cm³/mol. The third-order valence-electron chi connectivity index (χ3n) is 3.41. The van der Waals surface area contributed by atoms with Gasteiger partial charge in [-0.25, -0.2) is 4.98 Å². The molecule has 0 aliphatic rings. The molecule has 0 amide bonds. The van der Waals surface area contributed by atoms with Crippen LogP contribution in [0, 0.1) is 3.57 Å². The van der Waals surface area contributed by atoms with Gasteiger partial charge in [-0.2, -0.15) is 0 Å². The van der Waals surface area contributed by atoms with Crippen molar-refractivity contribution in [2.24, 2.45) is 0 Å². The van der Waals surface area contributed by atoms with Gasteiger partial charge in [0.2, 0.25) is 5.88 Å². The van der Waals surface area contributed by atoms with Gasteiger partial charge in [0, 0.05) is 11.9 Å². The molecule has 5 nitrogen and oxygen atoms in total. The van der Waals surface area contributed by atoms with E-state index in [-0.39, 0.29) is 10.9 Å². The maximum Gasteiger partial charge on any atom is 0.573 e. The van der Waals surface area contributed by atoms with Crippen molar-refractivity contribution in [2.75, 3.05) is 10.6 Å². The Morgan fingerprint density at radius 3 is 2.38 bits per heavy atom. The smallest absolute Gasteiger partial charge is 0.436 e. The fourth-order valence-corrected chi connectivity index (χ4v) is 2.95. The van der Waals surface area contributed by atoms with Crippen LogP contribution >= 0.6 is 34.8 Å². The highest BCUT2D eigenvalue weighted by molar-refractivity contribution is 14.1. The van der Waals surface area contributed by atoms with E-state index < -0.39 is 6.36 Å². The molecule has 3 aromatic rings. The van der Waals surface area contributed by atoms with Crippen LogP contribution in [-0.2, 0) is 0 Å². The van der Waals surface area contributed by atoms with E-state index >= 15 is 0 Å². The summed E-state index contributed by atoms with van der Waals surface area (Å²) in [6, 6.07) is 16.2. The van der Waals surface area contributed by atoms with Crippen LogP contribution in [0.1, 0.15) is 0 Å². The van der Waals surface area contributed by atoms with Crippen LogP contribution in [0.15, 0.2) is 66.9 Å². The van der Waals surface area contributed by atoms with Gasteiger partial charge >= 0.3 is 6.36 Å². The molecule has 1 aromatic heterocycles. The third kappa shape index (κ3) is 6.46. The zero-order chi connectivity index (χ0) is 20.9. The van der Waals surface area contributed by atoms with Crippen LogP contribution in [0.3, 0.4) is 0 Å². The second-order valence-corrected chi connectivity index (χ2v) is 7.11. The summed E-state index contributed by atoms with van der Waals surface area (Å²) in [5.74, 6) is 0.658. The number of rotatable bonds is 5. The first-order chi connectivity index (χ1) is 13.8. The minimum Gasteiger partial charge on any atom is -0.436 e. The van der Waals surface area contributed by atoms with E-state index in [1.54, 1.807) is 18.3 Å². The average molecular weight is 531 g/mol. The molecule has 29 heavy (non-hydrogen) atoms. The average Bonchev–Trinajstić information content (AvgIpc) is 2.65. The van der Waals surface area contributed by atoms with Gasteiger partial charge in [0.1, 0.15) is 17.2 Å². The molecule has 0 aliphatic heterocycles. The first-order valence-corrected chi connectivity index (χ1v) is 9.60. The number of benzene rings is 2. The van der Waals surface area contributed by atoms with Crippen molar-refractivity contribution in [3.05, 3.63) is 70.4 Å². The summed E-state index contributed by atoms with van der Waals surface area (Å²) < 4.78 is 47.3. The van der Waals surface area contributed by atoms with Crippen molar-refractivity contribution in [3.8, 4) is 17.4 Å². The molecule has 0 unspecified atom stereocenters. The molecule has 0 radical (unpaired) electrons. The topological polar surface area (TPSA) is 55.4 Å². The number of ether oxygens (including phenoxy) is 2. The van der Waals surface area contributed by atoms with Gasteiger partial charge in [-0.05, 0) is 83.3 Å². The van der Waals surface area contributed by atoms with Gasteiger partial charge in [-0.1, -0.05) is 12.1 Å². The van der Waals surface area contributed by atoms with E-state index in [2.05, 4.69) is 42.9 Å². The number of nitrogens with one attached hydrogen (secondary N) is 2. The number of hydrogen-bond donors (Lipinski definition) is 2. The molecular formula is C19H13F3IN3O2S.